The van der Waals surface area contributed by atoms with Crippen LogP contribution in [-0.4, -0.2) is 67.1 Å². The maximum Gasteiger partial charge on any atom is 0.281 e. The van der Waals surface area contributed by atoms with Crippen molar-refractivity contribution in [1.82, 2.24) is 13.5 Å². The predicted molar refractivity (Wildman–Crippen MR) is 81.9 cm³/mol. The highest BCUT2D eigenvalue weighted by molar-refractivity contribution is 7.86. The van der Waals surface area contributed by atoms with Gasteiger partial charge in [-0.05, 0) is 31.6 Å². The largest absolute Gasteiger partial charge is 0.343 e. The summed E-state index contributed by atoms with van der Waals surface area (Å²) in [6, 6.07) is 0.161. The molecule has 7 heteroatoms. The third-order valence-corrected chi connectivity index (χ3v) is 6.74. The lowest BCUT2D eigenvalue weighted by Crippen LogP contribution is -2.52. The van der Waals surface area contributed by atoms with Crippen LogP contribution in [0.1, 0.15) is 39.5 Å². The zero-order valence-electron chi connectivity index (χ0n) is 13.3. The summed E-state index contributed by atoms with van der Waals surface area (Å²) in [7, 11) is -1.53. The first-order valence-corrected chi connectivity index (χ1v) is 9.20. The smallest absolute Gasteiger partial charge is 0.281 e. The fourth-order valence-electron chi connectivity index (χ4n) is 3.24. The van der Waals surface area contributed by atoms with Crippen LogP contribution < -0.4 is 0 Å². The van der Waals surface area contributed by atoms with Gasteiger partial charge in [0.15, 0.2) is 0 Å². The molecule has 0 aromatic carbocycles. The van der Waals surface area contributed by atoms with Gasteiger partial charge >= 0.3 is 0 Å². The Morgan fingerprint density at radius 2 is 1.71 bits per heavy atom. The van der Waals surface area contributed by atoms with E-state index in [1.54, 1.807) is 27.5 Å². The van der Waals surface area contributed by atoms with Crippen LogP contribution in [0.4, 0.5) is 0 Å². The standard InChI is InChI=1S/C14H27N3O3S/c1-12-5-4-8-17(11-12)21(19,20)16-9-6-14(7-10-16)15(3)13(2)18/h12,14H,4-11H2,1-3H3. The van der Waals surface area contributed by atoms with E-state index in [1.165, 1.54) is 0 Å². The molecule has 1 atom stereocenters. The van der Waals surface area contributed by atoms with Gasteiger partial charge in [-0.15, -0.1) is 0 Å². The Balaban J connectivity index is 1.96. The van der Waals surface area contributed by atoms with Crippen molar-refractivity contribution in [2.24, 2.45) is 5.92 Å². The normalized spacial score (nSPS) is 26.7. The van der Waals surface area contributed by atoms with Gasteiger partial charge in [0.2, 0.25) is 5.91 Å². The van der Waals surface area contributed by atoms with Crippen molar-refractivity contribution >= 4 is 16.1 Å². The quantitative estimate of drug-likeness (QED) is 0.777. The van der Waals surface area contributed by atoms with Crippen LogP contribution in [0.15, 0.2) is 0 Å². The predicted octanol–water partition coefficient (Wildman–Crippen LogP) is 0.906. The number of carbonyl (C=O) groups excluding carboxylic acids is 1. The number of rotatable bonds is 3. The fraction of sp³-hybridized carbons (Fsp3) is 0.929. The van der Waals surface area contributed by atoms with Gasteiger partial charge in [0.1, 0.15) is 0 Å². The molecule has 0 N–H and O–H groups in total. The molecule has 2 rings (SSSR count). The molecule has 2 aliphatic rings. The molecule has 0 bridgehead atoms. The maximum absolute atomic E-state index is 12.7. The van der Waals surface area contributed by atoms with Gasteiger partial charge in [-0.1, -0.05) is 6.92 Å². The minimum atomic E-state index is -3.32. The van der Waals surface area contributed by atoms with E-state index in [1.807, 2.05) is 0 Å². The summed E-state index contributed by atoms with van der Waals surface area (Å²) in [6.45, 7) is 5.95. The zero-order valence-corrected chi connectivity index (χ0v) is 14.1. The minimum Gasteiger partial charge on any atom is -0.343 e. The minimum absolute atomic E-state index is 0.0427. The average molecular weight is 317 g/mol. The monoisotopic (exact) mass is 317 g/mol. The molecule has 6 nitrogen and oxygen atoms in total. The molecule has 2 heterocycles. The van der Waals surface area contributed by atoms with Gasteiger partial charge in [-0.2, -0.15) is 17.0 Å². The van der Waals surface area contributed by atoms with Crippen molar-refractivity contribution in [2.45, 2.75) is 45.6 Å². The van der Waals surface area contributed by atoms with Crippen LogP contribution in [0.5, 0.6) is 0 Å². The second-order valence-corrected chi connectivity index (χ2v) is 8.30. The topological polar surface area (TPSA) is 60.9 Å². The summed E-state index contributed by atoms with van der Waals surface area (Å²) in [5.74, 6) is 0.482. The number of amides is 1. The Morgan fingerprint density at radius 3 is 2.24 bits per heavy atom. The molecule has 2 saturated heterocycles. The highest BCUT2D eigenvalue weighted by Crippen LogP contribution is 2.24. The number of carbonyl (C=O) groups is 1. The zero-order chi connectivity index (χ0) is 15.6. The lowest BCUT2D eigenvalue weighted by Gasteiger charge is -2.39. The highest BCUT2D eigenvalue weighted by Gasteiger charge is 2.35. The van der Waals surface area contributed by atoms with Crippen LogP contribution in [0, 0.1) is 5.92 Å². The SMILES string of the molecule is CC(=O)N(C)C1CCN(S(=O)(=O)N2CCCC(C)C2)CC1. The number of hydrogen-bond acceptors (Lipinski definition) is 3. The van der Waals surface area contributed by atoms with E-state index >= 15 is 0 Å². The van der Waals surface area contributed by atoms with Gasteiger partial charge in [0, 0.05) is 46.2 Å². The van der Waals surface area contributed by atoms with Crippen molar-refractivity contribution in [3.63, 3.8) is 0 Å². The van der Waals surface area contributed by atoms with Gasteiger partial charge < -0.3 is 4.90 Å². The van der Waals surface area contributed by atoms with Crippen LogP contribution in [0.3, 0.4) is 0 Å². The molecule has 21 heavy (non-hydrogen) atoms. The summed E-state index contributed by atoms with van der Waals surface area (Å²) in [6.07, 6.45) is 3.50. The molecular formula is C14H27N3O3S. The maximum atomic E-state index is 12.7. The van der Waals surface area contributed by atoms with E-state index in [4.69, 9.17) is 0 Å². The van der Waals surface area contributed by atoms with Crippen molar-refractivity contribution in [1.29, 1.82) is 0 Å². The Kier molecular flexibility index (Phi) is 5.27. The average Bonchev–Trinajstić information content (AvgIpc) is 2.46. The molecule has 0 spiro atoms. The van der Waals surface area contributed by atoms with Crippen LogP contribution in [-0.2, 0) is 15.0 Å². The second-order valence-electron chi connectivity index (χ2n) is 6.37. The third-order valence-electron chi connectivity index (χ3n) is 4.74. The van der Waals surface area contributed by atoms with E-state index in [-0.39, 0.29) is 11.9 Å². The molecule has 0 aromatic rings. The van der Waals surface area contributed by atoms with Gasteiger partial charge in [0.25, 0.3) is 10.2 Å². The Morgan fingerprint density at radius 1 is 1.10 bits per heavy atom. The van der Waals surface area contributed by atoms with E-state index in [0.717, 1.165) is 25.7 Å². The van der Waals surface area contributed by atoms with Crippen LogP contribution in [0.25, 0.3) is 0 Å². The lowest BCUT2D eigenvalue weighted by atomic mass is 10.0. The van der Waals surface area contributed by atoms with E-state index in [0.29, 0.717) is 32.1 Å². The third kappa shape index (κ3) is 3.76. The first-order valence-electron chi connectivity index (χ1n) is 7.81. The van der Waals surface area contributed by atoms with E-state index in [9.17, 15) is 13.2 Å². The van der Waals surface area contributed by atoms with Crippen molar-refractivity contribution in [3.05, 3.63) is 0 Å². The Labute approximate surface area is 128 Å². The molecule has 122 valence electrons. The summed E-state index contributed by atoms with van der Waals surface area (Å²) >= 11 is 0. The van der Waals surface area contributed by atoms with Crippen LogP contribution >= 0.6 is 0 Å². The molecule has 0 aliphatic carbocycles. The molecule has 2 aliphatic heterocycles. The lowest BCUT2D eigenvalue weighted by molar-refractivity contribution is -0.130. The summed E-state index contributed by atoms with van der Waals surface area (Å²) < 4.78 is 28.6. The highest BCUT2D eigenvalue weighted by atomic mass is 32.2. The van der Waals surface area contributed by atoms with Crippen LogP contribution in [0.2, 0.25) is 0 Å². The second kappa shape index (κ2) is 6.62. The first-order chi connectivity index (χ1) is 9.82. The summed E-state index contributed by atoms with van der Waals surface area (Å²) in [4.78, 5) is 13.1. The number of nitrogens with zero attached hydrogens (tertiary/aromatic N) is 3. The molecule has 2 fully saturated rings. The summed E-state index contributed by atoms with van der Waals surface area (Å²) in [5, 5.41) is 0. The van der Waals surface area contributed by atoms with Crippen molar-refractivity contribution in [3.8, 4) is 0 Å². The van der Waals surface area contributed by atoms with E-state index < -0.39 is 10.2 Å². The fourth-order valence-corrected chi connectivity index (χ4v) is 5.04. The number of hydrogen-bond donors (Lipinski definition) is 0. The number of piperidine rings is 2. The Bertz CT molecular complexity index is 472. The van der Waals surface area contributed by atoms with Gasteiger partial charge in [0.05, 0.1) is 0 Å². The molecule has 1 unspecified atom stereocenters. The molecule has 0 radical (unpaired) electrons. The first kappa shape index (κ1) is 16.7. The molecule has 1 amide bonds. The Hall–Kier alpha value is -0.660. The molecule has 0 saturated carbocycles. The molecule has 0 aromatic heterocycles. The van der Waals surface area contributed by atoms with Gasteiger partial charge in [-0.3, -0.25) is 4.79 Å². The van der Waals surface area contributed by atoms with Gasteiger partial charge in [-0.25, -0.2) is 0 Å². The molecular weight excluding hydrogens is 290 g/mol. The van der Waals surface area contributed by atoms with Crippen molar-refractivity contribution < 1.29 is 13.2 Å². The summed E-state index contributed by atoms with van der Waals surface area (Å²) in [5.41, 5.74) is 0. The van der Waals surface area contributed by atoms with E-state index in [2.05, 4.69) is 6.92 Å². The van der Waals surface area contributed by atoms with Crippen molar-refractivity contribution in [2.75, 3.05) is 33.2 Å².